The number of carbonyl (C=O) groups excluding carboxylic acids is 1. The van der Waals surface area contributed by atoms with Crippen molar-refractivity contribution in [3.05, 3.63) is 0 Å². The molecule has 0 bridgehead atoms. The van der Waals surface area contributed by atoms with E-state index in [1.807, 2.05) is 0 Å². The van der Waals surface area contributed by atoms with Crippen LogP contribution in [0.3, 0.4) is 0 Å². The fourth-order valence-electron chi connectivity index (χ4n) is 0.314. The van der Waals surface area contributed by atoms with Crippen molar-refractivity contribution in [2.45, 2.75) is 13.8 Å². The first-order valence-electron chi connectivity index (χ1n) is 2.90. The lowest BCUT2D eigenvalue weighted by atomic mass is 10.2. The molecule has 10 heavy (non-hydrogen) atoms. The molecule has 0 amide bonds. The molecule has 0 aromatic carbocycles. The van der Waals surface area contributed by atoms with E-state index in [0.29, 0.717) is 0 Å². The number of aliphatic carboxylic acids is 1. The SMILES string of the molecule is CC(=O)OC[C@H](C)C(=O)O. The normalized spacial score (nSPS) is 12.2. The molecule has 1 N–H and O–H groups in total. The average molecular weight is 146 g/mol. The zero-order chi connectivity index (χ0) is 8.15. The Morgan fingerprint density at radius 2 is 2.10 bits per heavy atom. The number of hydrogen-bond donors (Lipinski definition) is 1. The number of ether oxygens (including phenoxy) is 1. The number of carboxylic acids is 1. The third kappa shape index (κ3) is 3.88. The molecule has 0 fully saturated rings. The molecule has 0 aliphatic carbocycles. The maximum atomic E-state index is 10.2. The van der Waals surface area contributed by atoms with E-state index in [1.165, 1.54) is 13.8 Å². The second-order valence-corrected chi connectivity index (χ2v) is 2.04. The molecule has 0 saturated heterocycles. The highest BCUT2D eigenvalue weighted by atomic mass is 16.5. The minimum atomic E-state index is -0.957. The maximum Gasteiger partial charge on any atom is 0.309 e. The van der Waals surface area contributed by atoms with Gasteiger partial charge in [0.15, 0.2) is 0 Å². The van der Waals surface area contributed by atoms with Crippen LogP contribution in [0.25, 0.3) is 0 Å². The van der Waals surface area contributed by atoms with Gasteiger partial charge < -0.3 is 9.84 Å². The van der Waals surface area contributed by atoms with Gasteiger partial charge in [0.05, 0.1) is 5.92 Å². The van der Waals surface area contributed by atoms with Crippen molar-refractivity contribution in [3.63, 3.8) is 0 Å². The van der Waals surface area contributed by atoms with E-state index in [-0.39, 0.29) is 6.61 Å². The van der Waals surface area contributed by atoms with E-state index in [9.17, 15) is 9.59 Å². The van der Waals surface area contributed by atoms with Crippen LogP contribution in [-0.4, -0.2) is 23.7 Å². The summed E-state index contributed by atoms with van der Waals surface area (Å²) in [7, 11) is 0. The second-order valence-electron chi connectivity index (χ2n) is 2.04. The minimum Gasteiger partial charge on any atom is -0.481 e. The van der Waals surface area contributed by atoms with Crippen molar-refractivity contribution in [2.75, 3.05) is 6.61 Å². The van der Waals surface area contributed by atoms with Crippen LogP contribution in [0.4, 0.5) is 0 Å². The van der Waals surface area contributed by atoms with Crippen LogP contribution < -0.4 is 0 Å². The molecule has 0 unspecified atom stereocenters. The number of carbonyl (C=O) groups is 2. The summed E-state index contributed by atoms with van der Waals surface area (Å²) < 4.78 is 4.45. The smallest absolute Gasteiger partial charge is 0.309 e. The third-order valence-electron chi connectivity index (χ3n) is 0.958. The van der Waals surface area contributed by atoms with E-state index >= 15 is 0 Å². The van der Waals surface area contributed by atoms with E-state index < -0.39 is 17.9 Å². The molecule has 0 aliphatic rings. The summed E-state index contributed by atoms with van der Waals surface area (Å²) in [5.74, 6) is -2.03. The standard InChI is InChI=1S/C6H10O4/c1-4(6(8)9)3-10-5(2)7/h4H,3H2,1-2H3,(H,8,9)/t4-/m0/s1. The van der Waals surface area contributed by atoms with E-state index in [0.717, 1.165) is 0 Å². The third-order valence-corrected chi connectivity index (χ3v) is 0.958. The molecule has 0 heterocycles. The van der Waals surface area contributed by atoms with Gasteiger partial charge in [0, 0.05) is 6.92 Å². The molecule has 0 spiro atoms. The molecule has 4 nitrogen and oxygen atoms in total. The van der Waals surface area contributed by atoms with Crippen molar-refractivity contribution in [1.82, 2.24) is 0 Å². The van der Waals surface area contributed by atoms with E-state index in [2.05, 4.69) is 4.74 Å². The van der Waals surface area contributed by atoms with Gasteiger partial charge in [-0.15, -0.1) is 0 Å². The highest BCUT2D eigenvalue weighted by molar-refractivity contribution is 5.70. The molecular weight excluding hydrogens is 136 g/mol. The summed E-state index contributed by atoms with van der Waals surface area (Å²) in [6.07, 6.45) is 0. The van der Waals surface area contributed by atoms with E-state index in [1.54, 1.807) is 0 Å². The number of carboxylic acid groups (broad SMARTS) is 1. The summed E-state index contributed by atoms with van der Waals surface area (Å²) in [6, 6.07) is 0. The molecule has 4 heteroatoms. The Morgan fingerprint density at radius 1 is 1.60 bits per heavy atom. The summed E-state index contributed by atoms with van der Waals surface area (Å²) >= 11 is 0. The van der Waals surface area contributed by atoms with Crippen LogP contribution in [0.5, 0.6) is 0 Å². The Labute approximate surface area is 58.8 Å². The van der Waals surface area contributed by atoms with Crippen LogP contribution in [-0.2, 0) is 14.3 Å². The predicted molar refractivity (Wildman–Crippen MR) is 33.4 cm³/mol. The highest BCUT2D eigenvalue weighted by Gasteiger charge is 2.11. The van der Waals surface area contributed by atoms with Gasteiger partial charge in [-0.25, -0.2) is 0 Å². The predicted octanol–water partition coefficient (Wildman–Crippen LogP) is 0.270. The molecule has 58 valence electrons. The lowest BCUT2D eigenvalue weighted by Crippen LogP contribution is -2.17. The summed E-state index contributed by atoms with van der Waals surface area (Å²) in [5.41, 5.74) is 0. The second kappa shape index (κ2) is 3.87. The van der Waals surface area contributed by atoms with Crippen LogP contribution in [0.15, 0.2) is 0 Å². The Bertz CT molecular complexity index is 141. The van der Waals surface area contributed by atoms with Gasteiger partial charge >= 0.3 is 11.9 Å². The van der Waals surface area contributed by atoms with Gasteiger partial charge in [0.25, 0.3) is 0 Å². The average Bonchev–Trinajstić information content (AvgIpc) is 1.82. The van der Waals surface area contributed by atoms with Crippen LogP contribution in [0.1, 0.15) is 13.8 Å². The summed E-state index contributed by atoms with van der Waals surface area (Å²) in [6.45, 7) is 2.67. The zero-order valence-corrected chi connectivity index (χ0v) is 5.96. The van der Waals surface area contributed by atoms with Gasteiger partial charge in [-0.2, -0.15) is 0 Å². The first-order chi connectivity index (χ1) is 4.54. The van der Waals surface area contributed by atoms with Gasteiger partial charge in [0.1, 0.15) is 6.61 Å². The first kappa shape index (κ1) is 8.94. The van der Waals surface area contributed by atoms with Crippen LogP contribution in [0, 0.1) is 5.92 Å². The summed E-state index contributed by atoms with van der Waals surface area (Å²) in [5, 5.41) is 8.30. The number of esters is 1. The molecule has 0 rings (SSSR count). The van der Waals surface area contributed by atoms with Gasteiger partial charge in [0.2, 0.25) is 0 Å². The maximum absolute atomic E-state index is 10.2. The molecule has 0 saturated carbocycles. The van der Waals surface area contributed by atoms with Gasteiger partial charge in [-0.05, 0) is 6.92 Å². The number of hydrogen-bond acceptors (Lipinski definition) is 3. The fraction of sp³-hybridized carbons (Fsp3) is 0.667. The van der Waals surface area contributed by atoms with Crippen molar-refractivity contribution < 1.29 is 19.4 Å². The van der Waals surface area contributed by atoms with Gasteiger partial charge in [-0.1, -0.05) is 0 Å². The lowest BCUT2D eigenvalue weighted by molar-refractivity contribution is -0.148. The Morgan fingerprint density at radius 3 is 2.40 bits per heavy atom. The van der Waals surface area contributed by atoms with Crippen molar-refractivity contribution >= 4 is 11.9 Å². The molecule has 1 atom stereocenters. The zero-order valence-electron chi connectivity index (χ0n) is 5.96. The van der Waals surface area contributed by atoms with Crippen molar-refractivity contribution in [1.29, 1.82) is 0 Å². The molecule has 0 aliphatic heterocycles. The summed E-state index contributed by atoms with van der Waals surface area (Å²) in [4.78, 5) is 20.3. The van der Waals surface area contributed by atoms with Gasteiger partial charge in [-0.3, -0.25) is 9.59 Å². The molecule has 0 aromatic rings. The number of rotatable bonds is 3. The Balaban J connectivity index is 3.49. The fourth-order valence-corrected chi connectivity index (χ4v) is 0.314. The van der Waals surface area contributed by atoms with E-state index in [4.69, 9.17) is 5.11 Å². The molecule has 0 aromatic heterocycles. The minimum absolute atomic E-state index is 0.0509. The topological polar surface area (TPSA) is 63.6 Å². The quantitative estimate of drug-likeness (QED) is 0.580. The molecular formula is C6H10O4. The first-order valence-corrected chi connectivity index (χ1v) is 2.90. The van der Waals surface area contributed by atoms with Crippen LogP contribution >= 0.6 is 0 Å². The highest BCUT2D eigenvalue weighted by Crippen LogP contribution is 1.94. The lowest BCUT2D eigenvalue weighted by Gasteiger charge is -2.04. The van der Waals surface area contributed by atoms with Crippen molar-refractivity contribution in [2.24, 2.45) is 5.92 Å². The monoisotopic (exact) mass is 146 g/mol. The Kier molecular flexibility index (Phi) is 3.46. The van der Waals surface area contributed by atoms with Crippen LogP contribution in [0.2, 0.25) is 0 Å². The largest absolute Gasteiger partial charge is 0.481 e. The van der Waals surface area contributed by atoms with Crippen molar-refractivity contribution in [3.8, 4) is 0 Å². The Hall–Kier alpha value is -1.06. The molecule has 0 radical (unpaired) electrons.